The van der Waals surface area contributed by atoms with Crippen LogP contribution in [0.15, 0.2) is 66.0 Å². The molecular formula is C26H34N6O2. The predicted octanol–water partition coefficient (Wildman–Crippen LogP) is 5.14. The number of ether oxygens (including phenoxy) is 1. The van der Waals surface area contributed by atoms with Crippen LogP contribution in [0.1, 0.15) is 47.0 Å². The van der Waals surface area contributed by atoms with Crippen molar-refractivity contribution in [2.24, 2.45) is 5.92 Å². The van der Waals surface area contributed by atoms with E-state index < -0.39 is 0 Å². The lowest BCUT2D eigenvalue weighted by Crippen LogP contribution is -2.18. The van der Waals surface area contributed by atoms with Gasteiger partial charge in [-0.2, -0.15) is 15.3 Å². The van der Waals surface area contributed by atoms with Gasteiger partial charge in [-0.15, -0.1) is 0 Å². The van der Waals surface area contributed by atoms with Crippen LogP contribution in [-0.2, 0) is 6.54 Å². The van der Waals surface area contributed by atoms with Gasteiger partial charge in [0.2, 0.25) is 0 Å². The molecule has 1 aromatic carbocycles. The average Bonchev–Trinajstić information content (AvgIpc) is 3.55. The highest BCUT2D eigenvalue weighted by Gasteiger charge is 2.20. The quantitative estimate of drug-likeness (QED) is 0.396. The average molecular weight is 463 g/mol. The molecule has 1 aliphatic rings. The molecular weight excluding hydrogens is 428 g/mol. The SMILES string of the molecule is CC.CC.COc1cn(-c2cnn(CC3CCC3)c2)nc(-c2ccnn2-c2ccccc2)c1=O. The zero-order valence-electron chi connectivity index (χ0n) is 20.7. The minimum Gasteiger partial charge on any atom is -0.491 e. The van der Waals surface area contributed by atoms with Crippen molar-refractivity contribution in [1.29, 1.82) is 0 Å². The lowest BCUT2D eigenvalue weighted by Gasteiger charge is -2.24. The van der Waals surface area contributed by atoms with E-state index in [2.05, 4.69) is 15.3 Å². The Bertz CT molecular complexity index is 1220. The number of aromatic nitrogens is 6. The summed E-state index contributed by atoms with van der Waals surface area (Å²) < 4.78 is 10.6. The number of nitrogens with zero attached hydrogens (tertiary/aromatic N) is 6. The summed E-state index contributed by atoms with van der Waals surface area (Å²) in [6.45, 7) is 8.91. The molecule has 1 saturated carbocycles. The number of para-hydroxylation sites is 1. The summed E-state index contributed by atoms with van der Waals surface area (Å²) in [6, 6.07) is 11.4. The summed E-state index contributed by atoms with van der Waals surface area (Å²) in [5, 5.41) is 13.5. The molecule has 0 radical (unpaired) electrons. The van der Waals surface area contributed by atoms with Gasteiger partial charge >= 0.3 is 0 Å². The summed E-state index contributed by atoms with van der Waals surface area (Å²) >= 11 is 0. The Kier molecular flexibility index (Phi) is 8.79. The van der Waals surface area contributed by atoms with Crippen molar-refractivity contribution in [1.82, 2.24) is 29.3 Å². The highest BCUT2D eigenvalue weighted by molar-refractivity contribution is 5.59. The van der Waals surface area contributed by atoms with E-state index in [0.717, 1.165) is 17.9 Å². The number of methoxy groups -OCH3 is 1. The Morgan fingerprint density at radius 1 is 0.971 bits per heavy atom. The molecule has 0 saturated heterocycles. The van der Waals surface area contributed by atoms with Crippen LogP contribution >= 0.6 is 0 Å². The highest BCUT2D eigenvalue weighted by Crippen LogP contribution is 2.28. The number of rotatable bonds is 6. The Labute approximate surface area is 200 Å². The Morgan fingerprint density at radius 2 is 1.71 bits per heavy atom. The largest absolute Gasteiger partial charge is 0.491 e. The van der Waals surface area contributed by atoms with Crippen LogP contribution in [0.4, 0.5) is 0 Å². The lowest BCUT2D eigenvalue weighted by atomic mass is 9.85. The molecule has 8 nitrogen and oxygen atoms in total. The first-order chi connectivity index (χ1) is 16.7. The van der Waals surface area contributed by atoms with Crippen molar-refractivity contribution in [2.75, 3.05) is 7.11 Å². The standard InChI is InChI=1S/C22H22N6O2.2C2H6/c1-30-20-15-27(18-12-24-26(14-18)13-16-6-5-7-16)25-21(22(20)29)19-10-11-23-28(19)17-8-3-2-4-9-17;2*1-2/h2-4,8-12,14-16H,5-7,13H2,1H3;2*1-2H3. The minimum atomic E-state index is -0.284. The zero-order chi connectivity index (χ0) is 24.5. The second-order valence-electron chi connectivity index (χ2n) is 7.50. The number of hydrogen-bond acceptors (Lipinski definition) is 5. The maximum Gasteiger partial charge on any atom is 0.251 e. The van der Waals surface area contributed by atoms with Gasteiger partial charge in [0.25, 0.3) is 5.43 Å². The first-order valence-corrected chi connectivity index (χ1v) is 12.0. The van der Waals surface area contributed by atoms with Gasteiger partial charge in [0, 0.05) is 6.54 Å². The Morgan fingerprint density at radius 3 is 2.35 bits per heavy atom. The molecule has 180 valence electrons. The molecule has 1 aliphatic carbocycles. The second kappa shape index (κ2) is 12.0. The molecule has 0 unspecified atom stereocenters. The zero-order valence-corrected chi connectivity index (χ0v) is 20.7. The van der Waals surface area contributed by atoms with E-state index in [1.807, 2.05) is 68.9 Å². The van der Waals surface area contributed by atoms with Gasteiger partial charge in [-0.05, 0) is 37.0 Å². The van der Waals surface area contributed by atoms with Crippen molar-refractivity contribution < 1.29 is 4.74 Å². The summed E-state index contributed by atoms with van der Waals surface area (Å²) in [5.41, 5.74) is 2.21. The maximum absolute atomic E-state index is 13.0. The molecule has 0 aliphatic heterocycles. The summed E-state index contributed by atoms with van der Waals surface area (Å²) in [4.78, 5) is 13.0. The monoisotopic (exact) mass is 462 g/mol. The van der Waals surface area contributed by atoms with E-state index in [1.54, 1.807) is 34.0 Å². The summed E-state index contributed by atoms with van der Waals surface area (Å²) in [5.74, 6) is 0.914. The molecule has 3 aromatic heterocycles. The lowest BCUT2D eigenvalue weighted by molar-refractivity contribution is 0.266. The van der Waals surface area contributed by atoms with Gasteiger partial charge in [0.1, 0.15) is 5.69 Å². The predicted molar refractivity (Wildman–Crippen MR) is 135 cm³/mol. The first kappa shape index (κ1) is 25.0. The normalized spacial score (nSPS) is 12.6. The molecule has 4 aromatic rings. The molecule has 8 heteroatoms. The van der Waals surface area contributed by atoms with Gasteiger partial charge in [-0.3, -0.25) is 9.48 Å². The van der Waals surface area contributed by atoms with Crippen LogP contribution in [0, 0.1) is 5.92 Å². The molecule has 3 heterocycles. The Balaban J connectivity index is 0.000000771. The third-order valence-electron chi connectivity index (χ3n) is 5.55. The fourth-order valence-electron chi connectivity index (χ4n) is 3.68. The van der Waals surface area contributed by atoms with Crippen molar-refractivity contribution in [3.63, 3.8) is 0 Å². The molecule has 0 atom stereocenters. The van der Waals surface area contributed by atoms with Gasteiger partial charge in [0.05, 0.1) is 43.3 Å². The van der Waals surface area contributed by atoms with Gasteiger partial charge in [-0.1, -0.05) is 52.3 Å². The molecule has 0 spiro atoms. The van der Waals surface area contributed by atoms with E-state index in [1.165, 1.54) is 26.4 Å². The highest BCUT2D eigenvalue weighted by atomic mass is 16.5. The van der Waals surface area contributed by atoms with Crippen LogP contribution in [0.3, 0.4) is 0 Å². The van der Waals surface area contributed by atoms with Crippen molar-refractivity contribution in [3.8, 4) is 28.5 Å². The fourth-order valence-corrected chi connectivity index (χ4v) is 3.68. The maximum atomic E-state index is 13.0. The van der Waals surface area contributed by atoms with E-state index in [9.17, 15) is 4.79 Å². The topological polar surface area (TPSA) is 79.8 Å². The molecule has 0 bridgehead atoms. The van der Waals surface area contributed by atoms with E-state index in [4.69, 9.17) is 4.74 Å². The number of benzene rings is 1. The second-order valence-corrected chi connectivity index (χ2v) is 7.50. The van der Waals surface area contributed by atoms with Crippen LogP contribution < -0.4 is 10.2 Å². The van der Waals surface area contributed by atoms with Gasteiger partial charge in [0.15, 0.2) is 11.4 Å². The third kappa shape index (κ3) is 5.27. The first-order valence-electron chi connectivity index (χ1n) is 12.0. The van der Waals surface area contributed by atoms with E-state index >= 15 is 0 Å². The molecule has 5 rings (SSSR count). The summed E-state index contributed by atoms with van der Waals surface area (Å²) in [7, 11) is 1.49. The van der Waals surface area contributed by atoms with Crippen molar-refractivity contribution in [2.45, 2.75) is 53.5 Å². The molecule has 0 amide bonds. The van der Waals surface area contributed by atoms with Crippen molar-refractivity contribution >= 4 is 0 Å². The van der Waals surface area contributed by atoms with Crippen LogP contribution in [0.5, 0.6) is 5.75 Å². The summed E-state index contributed by atoms with van der Waals surface area (Å²) in [6.07, 6.45) is 10.8. The van der Waals surface area contributed by atoms with Crippen LogP contribution in [0.25, 0.3) is 22.8 Å². The van der Waals surface area contributed by atoms with E-state index in [-0.39, 0.29) is 16.9 Å². The Hall–Kier alpha value is -3.68. The molecule has 0 N–H and O–H groups in total. The minimum absolute atomic E-state index is 0.215. The van der Waals surface area contributed by atoms with E-state index in [0.29, 0.717) is 11.6 Å². The van der Waals surface area contributed by atoms with Crippen molar-refractivity contribution in [3.05, 3.63) is 71.4 Å². The number of hydrogen-bond donors (Lipinski definition) is 0. The van der Waals surface area contributed by atoms with Crippen LogP contribution in [-0.4, -0.2) is 36.5 Å². The third-order valence-corrected chi connectivity index (χ3v) is 5.55. The fraction of sp³-hybridized carbons (Fsp3) is 0.385. The van der Waals surface area contributed by atoms with Gasteiger partial charge in [-0.25, -0.2) is 9.36 Å². The molecule has 1 fully saturated rings. The molecule has 34 heavy (non-hydrogen) atoms. The van der Waals surface area contributed by atoms with Gasteiger partial charge < -0.3 is 4.74 Å². The smallest absolute Gasteiger partial charge is 0.251 e. The van der Waals surface area contributed by atoms with Crippen LogP contribution in [0.2, 0.25) is 0 Å².